The average molecular weight is 489 g/mol. The highest BCUT2D eigenvalue weighted by molar-refractivity contribution is 7.90. The van der Waals surface area contributed by atoms with Crippen molar-refractivity contribution in [3.8, 4) is 5.69 Å². The minimum atomic E-state index is -3.38. The maximum absolute atomic E-state index is 13.7. The number of hydrogen-bond acceptors (Lipinski definition) is 6. The van der Waals surface area contributed by atoms with E-state index in [2.05, 4.69) is 10.4 Å². The molecule has 5 rings (SSSR count). The third-order valence-electron chi connectivity index (χ3n) is 5.86. The quantitative estimate of drug-likeness (QED) is 0.323. The molecule has 10 heteroatoms. The van der Waals surface area contributed by atoms with Crippen molar-refractivity contribution < 1.29 is 18.1 Å². The van der Waals surface area contributed by atoms with Gasteiger partial charge in [-0.2, -0.15) is 5.10 Å². The molecular weight excluding hydrogens is 468 g/mol. The first-order chi connectivity index (χ1) is 16.8. The topological polar surface area (TPSA) is 124 Å². The fourth-order valence-electron chi connectivity index (χ4n) is 4.25. The third-order valence-corrected chi connectivity index (χ3v) is 7.30. The molecule has 3 aromatic carbocycles. The third kappa shape index (κ3) is 4.43. The summed E-state index contributed by atoms with van der Waals surface area (Å²) in [6, 6.07) is 24.3. The minimum absolute atomic E-state index is 0.0881. The summed E-state index contributed by atoms with van der Waals surface area (Å²) in [5.74, 6) is -1.22. The van der Waals surface area contributed by atoms with Gasteiger partial charge in [0.1, 0.15) is 5.82 Å². The van der Waals surface area contributed by atoms with Crippen LogP contribution in [-0.4, -0.2) is 29.0 Å². The van der Waals surface area contributed by atoms with Crippen LogP contribution in [0.4, 0.5) is 11.5 Å². The van der Waals surface area contributed by atoms with Gasteiger partial charge in [-0.05, 0) is 23.3 Å². The van der Waals surface area contributed by atoms with Crippen LogP contribution >= 0.6 is 0 Å². The molecule has 0 saturated heterocycles. The van der Waals surface area contributed by atoms with Crippen LogP contribution in [0.2, 0.25) is 0 Å². The lowest BCUT2D eigenvalue weighted by Gasteiger charge is -2.19. The number of sulfone groups is 1. The Bertz CT molecular complexity index is 1480. The Labute approximate surface area is 201 Å². The number of hydrogen-bond donors (Lipinski definition) is 1. The number of carbonyl (C=O) groups is 1. The number of benzene rings is 3. The first-order valence-corrected chi connectivity index (χ1v) is 12.6. The normalized spacial score (nSPS) is 14.0. The van der Waals surface area contributed by atoms with Gasteiger partial charge in [-0.3, -0.25) is 14.9 Å². The van der Waals surface area contributed by atoms with Gasteiger partial charge < -0.3 is 5.32 Å². The van der Waals surface area contributed by atoms with Crippen LogP contribution in [0, 0.1) is 10.1 Å². The molecule has 0 aliphatic carbocycles. The van der Waals surface area contributed by atoms with Gasteiger partial charge in [-0.25, -0.2) is 13.1 Å². The SMILES string of the molecule is O=C(Nc1c2c(nn1-c1ccc([N+](=O)[O-])cc1)CS(=O)(=O)C2)C(c1ccccc1)c1ccccc1. The first-order valence-electron chi connectivity index (χ1n) is 10.8. The lowest BCUT2D eigenvalue weighted by molar-refractivity contribution is -0.384. The second kappa shape index (κ2) is 8.80. The van der Waals surface area contributed by atoms with Gasteiger partial charge in [0, 0.05) is 17.7 Å². The molecule has 0 atom stereocenters. The van der Waals surface area contributed by atoms with Crippen LogP contribution in [0.15, 0.2) is 84.9 Å². The number of nitrogens with one attached hydrogen (secondary N) is 1. The number of rotatable bonds is 6. The zero-order chi connectivity index (χ0) is 24.6. The van der Waals surface area contributed by atoms with E-state index in [9.17, 15) is 23.3 Å². The molecule has 0 bridgehead atoms. The van der Waals surface area contributed by atoms with Crippen LogP contribution in [0.3, 0.4) is 0 Å². The van der Waals surface area contributed by atoms with E-state index in [0.717, 1.165) is 11.1 Å². The second-order valence-electron chi connectivity index (χ2n) is 8.24. The van der Waals surface area contributed by atoms with E-state index in [1.165, 1.54) is 28.9 Å². The molecule has 0 fully saturated rings. The molecule has 1 N–H and O–H groups in total. The number of nitrogens with zero attached hydrogens (tertiary/aromatic N) is 3. The fourth-order valence-corrected chi connectivity index (χ4v) is 5.74. The molecule has 0 saturated carbocycles. The van der Waals surface area contributed by atoms with Crippen LogP contribution in [0.1, 0.15) is 28.3 Å². The lowest BCUT2D eigenvalue weighted by Crippen LogP contribution is -2.24. The largest absolute Gasteiger partial charge is 0.309 e. The molecule has 35 heavy (non-hydrogen) atoms. The Morgan fingerprint density at radius 3 is 2.03 bits per heavy atom. The van der Waals surface area contributed by atoms with Crippen molar-refractivity contribution in [2.75, 3.05) is 5.32 Å². The zero-order valence-electron chi connectivity index (χ0n) is 18.4. The number of fused-ring (bicyclic) bond motifs is 1. The van der Waals surface area contributed by atoms with Gasteiger partial charge in [-0.1, -0.05) is 60.7 Å². The summed E-state index contributed by atoms with van der Waals surface area (Å²) in [5, 5.41) is 18.4. The van der Waals surface area contributed by atoms with Crippen molar-refractivity contribution in [3.63, 3.8) is 0 Å². The monoisotopic (exact) mass is 488 g/mol. The number of aromatic nitrogens is 2. The van der Waals surface area contributed by atoms with Crippen LogP contribution in [0.5, 0.6) is 0 Å². The van der Waals surface area contributed by atoms with E-state index in [1.54, 1.807) is 0 Å². The lowest BCUT2D eigenvalue weighted by atomic mass is 9.90. The molecule has 0 radical (unpaired) electrons. The standard InChI is InChI=1S/C25H20N4O5S/c30-25(23(17-7-3-1-4-8-17)18-9-5-2-6-10-18)26-24-21-15-35(33,34)16-22(21)27-28(24)19-11-13-20(14-12-19)29(31)32/h1-14,23H,15-16H2,(H,26,30). The number of non-ortho nitro benzene ring substituents is 1. The Kier molecular flexibility index (Phi) is 5.65. The van der Waals surface area contributed by atoms with E-state index in [-0.39, 0.29) is 28.9 Å². The number of anilines is 1. The van der Waals surface area contributed by atoms with Gasteiger partial charge in [-0.15, -0.1) is 0 Å². The molecule has 1 aromatic heterocycles. The van der Waals surface area contributed by atoms with E-state index in [4.69, 9.17) is 0 Å². The molecule has 1 aliphatic rings. The van der Waals surface area contributed by atoms with Crippen molar-refractivity contribution >= 4 is 27.2 Å². The van der Waals surface area contributed by atoms with E-state index >= 15 is 0 Å². The second-order valence-corrected chi connectivity index (χ2v) is 10.3. The summed E-state index contributed by atoms with van der Waals surface area (Å²) in [6.07, 6.45) is 0. The molecule has 0 spiro atoms. The average Bonchev–Trinajstić information content (AvgIpc) is 3.33. The van der Waals surface area contributed by atoms with Crippen molar-refractivity contribution in [1.29, 1.82) is 0 Å². The van der Waals surface area contributed by atoms with Crippen molar-refractivity contribution in [1.82, 2.24) is 9.78 Å². The van der Waals surface area contributed by atoms with Crippen LogP contribution in [0.25, 0.3) is 5.69 Å². The summed E-state index contributed by atoms with van der Waals surface area (Å²) in [6.45, 7) is 0. The highest BCUT2D eigenvalue weighted by atomic mass is 32.2. The molecule has 176 valence electrons. The molecule has 0 unspecified atom stereocenters. The predicted molar refractivity (Wildman–Crippen MR) is 130 cm³/mol. The molecule has 9 nitrogen and oxygen atoms in total. The van der Waals surface area contributed by atoms with Crippen LogP contribution in [-0.2, 0) is 26.1 Å². The van der Waals surface area contributed by atoms with Gasteiger partial charge in [0.2, 0.25) is 5.91 Å². The Hall–Kier alpha value is -4.31. The number of nitro benzene ring substituents is 1. The van der Waals surface area contributed by atoms with Gasteiger partial charge in [0.25, 0.3) is 5.69 Å². The molecule has 2 heterocycles. The Balaban J connectivity index is 1.58. The fraction of sp³-hybridized carbons (Fsp3) is 0.120. The molecule has 1 amide bonds. The molecular formula is C25H20N4O5S. The number of amides is 1. The van der Waals surface area contributed by atoms with E-state index in [0.29, 0.717) is 16.9 Å². The maximum atomic E-state index is 13.7. The number of carbonyl (C=O) groups excluding carboxylic acids is 1. The highest BCUT2D eigenvalue weighted by Gasteiger charge is 2.34. The van der Waals surface area contributed by atoms with Crippen molar-refractivity contribution in [2.24, 2.45) is 0 Å². The molecule has 1 aliphatic heterocycles. The van der Waals surface area contributed by atoms with Crippen molar-refractivity contribution in [3.05, 3.63) is 117 Å². The minimum Gasteiger partial charge on any atom is -0.309 e. The van der Waals surface area contributed by atoms with Gasteiger partial charge >= 0.3 is 0 Å². The van der Waals surface area contributed by atoms with Crippen molar-refractivity contribution in [2.45, 2.75) is 17.4 Å². The van der Waals surface area contributed by atoms with E-state index < -0.39 is 20.7 Å². The highest BCUT2D eigenvalue weighted by Crippen LogP contribution is 2.35. The summed E-state index contributed by atoms with van der Waals surface area (Å²) < 4.78 is 26.0. The zero-order valence-corrected chi connectivity index (χ0v) is 19.2. The Morgan fingerprint density at radius 1 is 0.914 bits per heavy atom. The maximum Gasteiger partial charge on any atom is 0.269 e. The smallest absolute Gasteiger partial charge is 0.269 e. The predicted octanol–water partition coefficient (Wildman–Crippen LogP) is 3.98. The number of nitro groups is 1. The summed E-state index contributed by atoms with van der Waals surface area (Å²) in [7, 11) is -3.38. The van der Waals surface area contributed by atoms with Crippen LogP contribution < -0.4 is 5.32 Å². The Morgan fingerprint density at radius 2 is 1.49 bits per heavy atom. The first kappa shape index (κ1) is 22.5. The summed E-state index contributed by atoms with van der Waals surface area (Å²) in [4.78, 5) is 24.3. The van der Waals surface area contributed by atoms with Gasteiger partial charge in [0.15, 0.2) is 9.84 Å². The van der Waals surface area contributed by atoms with Gasteiger partial charge in [0.05, 0.1) is 33.7 Å². The summed E-state index contributed by atoms with van der Waals surface area (Å²) in [5.41, 5.74) is 2.72. The van der Waals surface area contributed by atoms with E-state index in [1.807, 2.05) is 60.7 Å². The molecule has 4 aromatic rings. The summed E-state index contributed by atoms with van der Waals surface area (Å²) >= 11 is 0.